The first kappa shape index (κ1) is 16.1. The van der Waals surface area contributed by atoms with E-state index in [9.17, 15) is 0 Å². The van der Waals surface area contributed by atoms with Crippen molar-refractivity contribution in [2.24, 2.45) is 0 Å². The summed E-state index contributed by atoms with van der Waals surface area (Å²) in [5.74, 6) is 6.47. The first-order valence-electron chi connectivity index (χ1n) is 6.00. The van der Waals surface area contributed by atoms with Crippen LogP contribution < -0.4 is 0 Å². The monoisotopic (exact) mass is 344 g/mol. The summed E-state index contributed by atoms with van der Waals surface area (Å²) in [6.45, 7) is 2.26. The van der Waals surface area contributed by atoms with Gasteiger partial charge < -0.3 is 0 Å². The van der Waals surface area contributed by atoms with E-state index in [1.807, 2.05) is 0 Å². The summed E-state index contributed by atoms with van der Waals surface area (Å²) >= 11 is 1.27. The van der Waals surface area contributed by atoms with Gasteiger partial charge in [-0.3, -0.25) is 0 Å². The number of hydrogen-bond acceptors (Lipinski definition) is 0. The van der Waals surface area contributed by atoms with Crippen LogP contribution in [0.3, 0.4) is 0 Å². The van der Waals surface area contributed by atoms with E-state index in [4.69, 9.17) is 0 Å². The first-order valence-corrected chi connectivity index (χ1v) is 6.96. The standard InChI is InChI=1S/C14H20S.Sn.3H/c1-2-3-4-5-6-7-8-9-11-14-12-10-13-15-14;;;;/h10,12-13H,2-8H2,1H3;;;;/p+1. The van der Waals surface area contributed by atoms with Gasteiger partial charge in [-0.1, -0.05) is 44.9 Å². The van der Waals surface area contributed by atoms with Crippen LogP contribution in [0.15, 0.2) is 17.5 Å². The summed E-state index contributed by atoms with van der Waals surface area (Å²) < 4.78 is 0. The average molecular weight is 343 g/mol. The molecule has 0 nitrogen and oxygen atoms in total. The Bertz CT molecular complexity index is 292. The van der Waals surface area contributed by atoms with Gasteiger partial charge >= 0.3 is 23.9 Å². The van der Waals surface area contributed by atoms with Crippen LogP contribution in [0, 0.1) is 11.8 Å². The molecule has 0 aliphatic rings. The van der Waals surface area contributed by atoms with Gasteiger partial charge in [-0.15, -0.1) is 0 Å². The first-order chi connectivity index (χ1) is 7.43. The third kappa shape index (κ3) is 8.24. The summed E-state index contributed by atoms with van der Waals surface area (Å²) in [6, 6.07) is 4.19. The van der Waals surface area contributed by atoms with Gasteiger partial charge in [-0.2, -0.15) is 0 Å². The Morgan fingerprint density at radius 1 is 1.12 bits per heavy atom. The van der Waals surface area contributed by atoms with Gasteiger partial charge in [-0.25, -0.2) is 0 Å². The van der Waals surface area contributed by atoms with E-state index < -0.39 is 0 Å². The SMILES string of the molecule is CCCCCCCCC#Cc1ccc[sH+]1.[SnH3]. The van der Waals surface area contributed by atoms with E-state index in [1.54, 1.807) is 0 Å². The summed E-state index contributed by atoms with van der Waals surface area (Å²) in [5, 5.41) is 2.13. The van der Waals surface area contributed by atoms with E-state index in [2.05, 4.69) is 36.3 Å². The maximum absolute atomic E-state index is 3.25. The zero-order chi connectivity index (χ0) is 10.8. The molecule has 0 aromatic carbocycles. The van der Waals surface area contributed by atoms with Crippen molar-refractivity contribution in [3.63, 3.8) is 0 Å². The molecule has 0 fully saturated rings. The third-order valence-electron chi connectivity index (χ3n) is 2.43. The Labute approximate surface area is 121 Å². The predicted molar refractivity (Wildman–Crippen MR) is 80.5 cm³/mol. The number of unbranched alkanes of at least 4 members (excludes halogenated alkanes) is 6. The molecule has 1 aromatic rings. The van der Waals surface area contributed by atoms with E-state index in [1.165, 1.54) is 54.7 Å². The van der Waals surface area contributed by atoms with Crippen LogP contribution in [-0.4, -0.2) is 23.9 Å². The quantitative estimate of drug-likeness (QED) is 0.322. The van der Waals surface area contributed by atoms with E-state index in [0.29, 0.717) is 0 Å². The van der Waals surface area contributed by atoms with Gasteiger partial charge in [-0.05, 0) is 29.7 Å². The van der Waals surface area contributed by atoms with Crippen LogP contribution in [0.25, 0.3) is 0 Å². The Morgan fingerprint density at radius 2 is 1.88 bits per heavy atom. The molecule has 1 aromatic heterocycles. The number of hydrogen-bond donors (Lipinski definition) is 0. The minimum atomic E-state index is 0. The summed E-state index contributed by atoms with van der Waals surface area (Å²) in [7, 11) is 0. The van der Waals surface area contributed by atoms with Gasteiger partial charge in [0.2, 0.25) is 4.88 Å². The summed E-state index contributed by atoms with van der Waals surface area (Å²) in [4.78, 5) is 1.25. The molecule has 0 amide bonds. The summed E-state index contributed by atoms with van der Waals surface area (Å²) in [6.07, 6.45) is 9.20. The molecule has 16 heavy (non-hydrogen) atoms. The predicted octanol–water partition coefficient (Wildman–Crippen LogP) is 3.40. The molecule has 0 saturated heterocycles. The normalized spacial score (nSPS) is 9.06. The molecule has 0 bridgehead atoms. The Balaban J connectivity index is 0.00000225. The molecule has 0 unspecified atom stereocenters. The number of thiophene rings is 1. The second-order valence-corrected chi connectivity index (χ2v) is 4.88. The Hall–Kier alpha value is 0.0587. The molecule has 1 radical (unpaired) electrons. The fourth-order valence-corrected chi connectivity index (χ4v) is 2.17. The molecule has 0 aliphatic heterocycles. The average Bonchev–Trinajstić information content (AvgIpc) is 2.75. The van der Waals surface area contributed by atoms with Crippen LogP contribution >= 0.6 is 11.3 Å². The molecule has 0 aliphatic carbocycles. The third-order valence-corrected chi connectivity index (χ3v) is 3.29. The van der Waals surface area contributed by atoms with Gasteiger partial charge in [0.15, 0.2) is 0 Å². The maximum atomic E-state index is 3.25. The number of rotatable bonds is 6. The molecule has 0 saturated carbocycles. The van der Waals surface area contributed by atoms with Crippen LogP contribution in [0.1, 0.15) is 56.7 Å². The fourth-order valence-electron chi connectivity index (χ4n) is 1.52. The van der Waals surface area contributed by atoms with Crippen molar-refractivity contribution in [1.82, 2.24) is 0 Å². The van der Waals surface area contributed by atoms with Gasteiger partial charge in [0.1, 0.15) is 5.38 Å². The van der Waals surface area contributed by atoms with E-state index >= 15 is 0 Å². The van der Waals surface area contributed by atoms with Gasteiger partial charge in [0.05, 0.1) is 0 Å². The van der Waals surface area contributed by atoms with Crippen molar-refractivity contribution in [3.05, 3.63) is 22.4 Å². The van der Waals surface area contributed by atoms with Crippen molar-refractivity contribution < 1.29 is 0 Å². The van der Waals surface area contributed by atoms with Gasteiger partial charge in [0.25, 0.3) is 0 Å². The molecule has 0 N–H and O–H groups in total. The molecular weight excluding hydrogens is 319 g/mol. The van der Waals surface area contributed by atoms with Crippen molar-refractivity contribution in [3.8, 4) is 11.8 Å². The van der Waals surface area contributed by atoms with Crippen molar-refractivity contribution in [1.29, 1.82) is 0 Å². The Morgan fingerprint density at radius 3 is 2.56 bits per heavy atom. The fraction of sp³-hybridized carbons (Fsp3) is 0.571. The van der Waals surface area contributed by atoms with Crippen LogP contribution in [-0.2, 0) is 0 Å². The van der Waals surface area contributed by atoms with Crippen LogP contribution in [0.5, 0.6) is 0 Å². The molecule has 0 atom stereocenters. The second kappa shape index (κ2) is 11.5. The molecule has 0 spiro atoms. The topological polar surface area (TPSA) is 0 Å². The van der Waals surface area contributed by atoms with Crippen molar-refractivity contribution >= 4 is 35.2 Å². The van der Waals surface area contributed by atoms with E-state index in [-0.39, 0.29) is 23.9 Å². The molecular formula is C14H24SSn+. The van der Waals surface area contributed by atoms with Gasteiger partial charge in [0, 0.05) is 12.5 Å². The molecule has 1 heterocycles. The van der Waals surface area contributed by atoms with Crippen LogP contribution in [0.2, 0.25) is 0 Å². The van der Waals surface area contributed by atoms with E-state index in [0.717, 1.165) is 6.42 Å². The zero-order valence-corrected chi connectivity index (χ0v) is 17.2. The van der Waals surface area contributed by atoms with Crippen molar-refractivity contribution in [2.75, 3.05) is 0 Å². The van der Waals surface area contributed by atoms with Crippen molar-refractivity contribution in [2.45, 2.75) is 51.9 Å². The molecule has 2 heteroatoms. The minimum absolute atomic E-state index is 0. The zero-order valence-electron chi connectivity index (χ0n) is 10.6. The summed E-state index contributed by atoms with van der Waals surface area (Å²) in [5.41, 5.74) is 0. The Kier molecular flexibility index (Phi) is 11.6. The van der Waals surface area contributed by atoms with Crippen LogP contribution in [0.4, 0.5) is 0 Å². The molecule has 1 rings (SSSR count). The molecule has 89 valence electrons. The second-order valence-electron chi connectivity index (χ2n) is 3.84.